The molecule has 1 aromatic heterocycles. The number of benzene rings is 1. The molecule has 27 heavy (non-hydrogen) atoms. The molecule has 146 valence electrons. The van der Waals surface area contributed by atoms with Gasteiger partial charge < -0.3 is 5.32 Å². The van der Waals surface area contributed by atoms with Gasteiger partial charge in [-0.2, -0.15) is 4.68 Å². The second kappa shape index (κ2) is 7.41. The van der Waals surface area contributed by atoms with Gasteiger partial charge >= 0.3 is 0 Å². The number of tetrazole rings is 1. The van der Waals surface area contributed by atoms with Crippen LogP contribution < -0.4 is 5.32 Å². The lowest BCUT2D eigenvalue weighted by molar-refractivity contribution is -0.123. The first kappa shape index (κ1) is 19.5. The molecule has 3 rings (SSSR count). The first-order valence-electron chi connectivity index (χ1n) is 9.93. The van der Waals surface area contributed by atoms with Crippen LogP contribution in [0.15, 0.2) is 24.3 Å². The van der Waals surface area contributed by atoms with E-state index in [1.807, 2.05) is 29.8 Å². The van der Waals surface area contributed by atoms with Crippen LogP contribution in [0, 0.1) is 18.3 Å². The number of carbonyl (C=O) groups is 1. The zero-order chi connectivity index (χ0) is 19.7. The van der Waals surface area contributed by atoms with Crippen molar-refractivity contribution in [1.82, 2.24) is 25.5 Å². The molecule has 6 heteroatoms. The third kappa shape index (κ3) is 3.89. The Morgan fingerprint density at radius 3 is 2.52 bits per heavy atom. The molecule has 1 N–H and O–H groups in total. The molecule has 0 saturated heterocycles. The van der Waals surface area contributed by atoms with Gasteiger partial charge in [0.05, 0.1) is 5.69 Å². The average Bonchev–Trinajstić information content (AvgIpc) is 3.12. The van der Waals surface area contributed by atoms with E-state index in [0.717, 1.165) is 42.8 Å². The van der Waals surface area contributed by atoms with E-state index >= 15 is 0 Å². The summed E-state index contributed by atoms with van der Waals surface area (Å²) in [7, 11) is 0. The van der Waals surface area contributed by atoms with E-state index in [2.05, 4.69) is 54.6 Å². The molecule has 0 atom stereocenters. The molecule has 0 unspecified atom stereocenters. The molecule has 1 aromatic carbocycles. The third-order valence-corrected chi connectivity index (χ3v) is 6.00. The third-order valence-electron chi connectivity index (χ3n) is 6.00. The first-order chi connectivity index (χ1) is 12.8. The van der Waals surface area contributed by atoms with E-state index in [9.17, 15) is 4.79 Å². The molecule has 1 heterocycles. The van der Waals surface area contributed by atoms with Crippen LogP contribution in [0.2, 0.25) is 0 Å². The number of nitrogens with zero attached hydrogens (tertiary/aromatic N) is 4. The summed E-state index contributed by atoms with van der Waals surface area (Å²) in [6.07, 6.45) is 4.26. The number of hydrogen-bond donors (Lipinski definition) is 1. The quantitative estimate of drug-likeness (QED) is 0.886. The summed E-state index contributed by atoms with van der Waals surface area (Å²) >= 11 is 0. The number of nitrogens with one attached hydrogen (secondary N) is 1. The normalized spacial score (nSPS) is 23.2. The van der Waals surface area contributed by atoms with Gasteiger partial charge in [0.15, 0.2) is 5.82 Å². The van der Waals surface area contributed by atoms with Crippen molar-refractivity contribution in [3.8, 4) is 5.69 Å². The van der Waals surface area contributed by atoms with Crippen molar-refractivity contribution < 1.29 is 4.79 Å². The van der Waals surface area contributed by atoms with Gasteiger partial charge in [0, 0.05) is 6.42 Å². The van der Waals surface area contributed by atoms with Crippen LogP contribution >= 0.6 is 0 Å². The molecule has 0 bridgehead atoms. The fraction of sp³-hybridized carbons (Fsp3) is 0.619. The minimum absolute atomic E-state index is 0.0449. The van der Waals surface area contributed by atoms with Gasteiger partial charge in [-0.3, -0.25) is 4.79 Å². The number of amides is 1. The summed E-state index contributed by atoms with van der Waals surface area (Å²) < 4.78 is 1.81. The van der Waals surface area contributed by atoms with Crippen molar-refractivity contribution in [2.45, 2.75) is 72.3 Å². The molecule has 0 aliphatic heterocycles. The lowest BCUT2D eigenvalue weighted by Gasteiger charge is -2.43. The van der Waals surface area contributed by atoms with Gasteiger partial charge in [0.25, 0.3) is 0 Å². The van der Waals surface area contributed by atoms with E-state index in [4.69, 9.17) is 0 Å². The van der Waals surface area contributed by atoms with E-state index in [1.165, 1.54) is 0 Å². The molecule has 1 fully saturated rings. The Balaban J connectivity index is 2.00. The Kier molecular flexibility index (Phi) is 5.36. The van der Waals surface area contributed by atoms with E-state index in [-0.39, 0.29) is 11.3 Å². The fourth-order valence-corrected chi connectivity index (χ4v) is 4.19. The number of hydrogen-bond acceptors (Lipinski definition) is 4. The smallest absolute Gasteiger partial charge is 0.220 e. The predicted molar refractivity (Wildman–Crippen MR) is 105 cm³/mol. The maximum atomic E-state index is 12.4. The maximum absolute atomic E-state index is 12.4. The van der Waals surface area contributed by atoms with E-state index < -0.39 is 5.54 Å². The molecule has 0 spiro atoms. The van der Waals surface area contributed by atoms with Crippen LogP contribution in [-0.4, -0.2) is 26.1 Å². The summed E-state index contributed by atoms with van der Waals surface area (Å²) in [5.41, 5.74) is 1.82. The number of carbonyl (C=O) groups excluding carboxylic acids is 1. The summed E-state index contributed by atoms with van der Waals surface area (Å²) in [5, 5.41) is 15.9. The number of aryl methyl sites for hydroxylation is 1. The first-order valence-corrected chi connectivity index (χ1v) is 9.93. The zero-order valence-corrected chi connectivity index (χ0v) is 17.1. The van der Waals surface area contributed by atoms with E-state index in [0.29, 0.717) is 12.3 Å². The SMILES string of the molecule is CCC(=O)NC1(c2nnnn2-c2ccccc2C)CCC(C(C)(C)C)CC1. The van der Waals surface area contributed by atoms with Gasteiger partial charge in [-0.25, -0.2) is 0 Å². The summed E-state index contributed by atoms with van der Waals surface area (Å²) in [5.74, 6) is 1.42. The van der Waals surface area contributed by atoms with Gasteiger partial charge in [-0.1, -0.05) is 45.9 Å². The standard InChI is InChI=1S/C21H31N5O/c1-6-18(27)22-21(13-11-16(12-14-21)20(3,4)5)19-23-24-25-26(19)17-10-8-7-9-15(17)2/h7-10,16H,6,11-14H2,1-5H3,(H,22,27). The van der Waals surface area contributed by atoms with Crippen molar-refractivity contribution in [2.75, 3.05) is 0 Å². The molecule has 2 aromatic rings. The van der Waals surface area contributed by atoms with Gasteiger partial charge in [-0.15, -0.1) is 5.10 Å². The topological polar surface area (TPSA) is 72.7 Å². The number of rotatable bonds is 4. The number of para-hydroxylation sites is 1. The highest BCUT2D eigenvalue weighted by Gasteiger charge is 2.44. The average molecular weight is 370 g/mol. The van der Waals surface area contributed by atoms with Gasteiger partial charge in [-0.05, 0) is 66.0 Å². The zero-order valence-electron chi connectivity index (χ0n) is 17.1. The van der Waals surface area contributed by atoms with Gasteiger partial charge in [0.2, 0.25) is 5.91 Å². The monoisotopic (exact) mass is 369 g/mol. The van der Waals surface area contributed by atoms with Gasteiger partial charge in [0.1, 0.15) is 5.54 Å². The van der Waals surface area contributed by atoms with E-state index in [1.54, 1.807) is 0 Å². The fourth-order valence-electron chi connectivity index (χ4n) is 4.19. The maximum Gasteiger partial charge on any atom is 0.220 e. The minimum atomic E-state index is -0.513. The van der Waals surface area contributed by atoms with Crippen LogP contribution in [0.5, 0.6) is 0 Å². The molecular formula is C21H31N5O. The Labute approximate surface area is 161 Å². The Bertz CT molecular complexity index is 797. The van der Waals surface area contributed by atoms with Crippen molar-refractivity contribution in [3.63, 3.8) is 0 Å². The Hall–Kier alpha value is -2.24. The van der Waals surface area contributed by atoms with Crippen molar-refractivity contribution in [1.29, 1.82) is 0 Å². The number of aromatic nitrogens is 4. The van der Waals surface area contributed by atoms with Crippen molar-refractivity contribution >= 4 is 5.91 Å². The van der Waals surface area contributed by atoms with Crippen molar-refractivity contribution in [3.05, 3.63) is 35.7 Å². The second-order valence-corrected chi connectivity index (χ2v) is 8.82. The summed E-state index contributed by atoms with van der Waals surface area (Å²) in [4.78, 5) is 12.4. The molecule has 1 aliphatic carbocycles. The summed E-state index contributed by atoms with van der Waals surface area (Å²) in [6, 6.07) is 8.06. The minimum Gasteiger partial charge on any atom is -0.343 e. The lowest BCUT2D eigenvalue weighted by atomic mass is 9.67. The molecule has 0 radical (unpaired) electrons. The highest BCUT2D eigenvalue weighted by molar-refractivity contribution is 5.76. The van der Waals surface area contributed by atoms with Crippen LogP contribution in [0.3, 0.4) is 0 Å². The van der Waals surface area contributed by atoms with Crippen LogP contribution in [0.1, 0.15) is 71.2 Å². The van der Waals surface area contributed by atoms with Crippen LogP contribution in [0.4, 0.5) is 0 Å². The Morgan fingerprint density at radius 2 is 1.93 bits per heavy atom. The molecule has 1 aliphatic rings. The second-order valence-electron chi connectivity index (χ2n) is 8.82. The lowest BCUT2D eigenvalue weighted by Crippen LogP contribution is -2.50. The highest BCUT2D eigenvalue weighted by Crippen LogP contribution is 2.45. The predicted octanol–water partition coefficient (Wildman–Crippen LogP) is 3.93. The largest absolute Gasteiger partial charge is 0.343 e. The molecule has 1 amide bonds. The summed E-state index contributed by atoms with van der Waals surface area (Å²) in [6.45, 7) is 10.8. The van der Waals surface area contributed by atoms with Crippen molar-refractivity contribution in [2.24, 2.45) is 11.3 Å². The molecular weight excluding hydrogens is 338 g/mol. The van der Waals surface area contributed by atoms with Crippen LogP contribution in [0.25, 0.3) is 5.69 Å². The highest BCUT2D eigenvalue weighted by atomic mass is 16.1. The molecule has 6 nitrogen and oxygen atoms in total. The van der Waals surface area contributed by atoms with Crippen LogP contribution in [-0.2, 0) is 10.3 Å². The Morgan fingerprint density at radius 1 is 1.26 bits per heavy atom. The molecule has 1 saturated carbocycles.